The summed E-state index contributed by atoms with van der Waals surface area (Å²) >= 11 is 3.38. The standard InChI is InChI=1S/C14H16BrN3O2.C2H6/c1-4-20-13(19)14(7-8(14)2)18-12-10(9(3)17-18)5-6-11(15)16-12;1-2/h5-6,8H,4,7H2,1-3H3;1-2H3. The van der Waals surface area contributed by atoms with Crippen LogP contribution in [-0.2, 0) is 15.1 Å². The number of carbonyl (C=O) groups is 1. The zero-order valence-electron chi connectivity index (χ0n) is 13.7. The van der Waals surface area contributed by atoms with Crippen molar-refractivity contribution in [1.29, 1.82) is 0 Å². The molecule has 1 aliphatic carbocycles. The minimum Gasteiger partial charge on any atom is -0.464 e. The quantitative estimate of drug-likeness (QED) is 0.610. The largest absolute Gasteiger partial charge is 0.464 e. The van der Waals surface area contributed by atoms with Crippen molar-refractivity contribution in [2.24, 2.45) is 5.92 Å². The summed E-state index contributed by atoms with van der Waals surface area (Å²) < 4.78 is 7.73. The summed E-state index contributed by atoms with van der Waals surface area (Å²) in [6.07, 6.45) is 0.746. The summed E-state index contributed by atoms with van der Waals surface area (Å²) in [6.45, 7) is 10.2. The van der Waals surface area contributed by atoms with Crippen LogP contribution in [0.4, 0.5) is 0 Å². The van der Waals surface area contributed by atoms with Gasteiger partial charge in [0.1, 0.15) is 4.60 Å². The Kier molecular flexibility index (Phi) is 4.90. The summed E-state index contributed by atoms with van der Waals surface area (Å²) in [7, 11) is 0. The van der Waals surface area contributed by atoms with Gasteiger partial charge in [-0.1, -0.05) is 20.8 Å². The smallest absolute Gasteiger partial charge is 0.334 e. The third kappa shape index (κ3) is 2.53. The normalized spacial score (nSPS) is 22.9. The Balaban J connectivity index is 0.000000847. The highest BCUT2D eigenvalue weighted by atomic mass is 79.9. The van der Waals surface area contributed by atoms with Gasteiger partial charge in [0.2, 0.25) is 0 Å². The van der Waals surface area contributed by atoms with Crippen molar-refractivity contribution >= 4 is 32.9 Å². The molecule has 3 rings (SSSR count). The highest BCUT2D eigenvalue weighted by Gasteiger charge is 2.62. The first-order valence-electron chi connectivity index (χ1n) is 7.70. The van der Waals surface area contributed by atoms with Crippen LogP contribution in [0.2, 0.25) is 0 Å². The lowest BCUT2D eigenvalue weighted by Gasteiger charge is -2.16. The molecule has 6 heteroatoms. The number of rotatable bonds is 3. The minimum atomic E-state index is -0.684. The molecule has 0 N–H and O–H groups in total. The number of hydrogen-bond donors (Lipinski definition) is 0. The fourth-order valence-electron chi connectivity index (χ4n) is 2.73. The maximum absolute atomic E-state index is 12.4. The first-order valence-corrected chi connectivity index (χ1v) is 8.49. The van der Waals surface area contributed by atoms with Crippen LogP contribution in [-0.4, -0.2) is 27.3 Å². The van der Waals surface area contributed by atoms with Crippen LogP contribution in [0.1, 0.15) is 39.8 Å². The van der Waals surface area contributed by atoms with E-state index >= 15 is 0 Å². The van der Waals surface area contributed by atoms with Gasteiger partial charge in [-0.05, 0) is 54.2 Å². The molecule has 2 atom stereocenters. The molecule has 2 unspecified atom stereocenters. The van der Waals surface area contributed by atoms with Crippen molar-refractivity contribution in [2.75, 3.05) is 6.61 Å². The number of hydrogen-bond acceptors (Lipinski definition) is 4. The number of pyridine rings is 1. The third-order valence-electron chi connectivity index (χ3n) is 3.96. The van der Waals surface area contributed by atoms with Crippen molar-refractivity contribution in [3.8, 4) is 0 Å². The van der Waals surface area contributed by atoms with Crippen LogP contribution in [0.5, 0.6) is 0 Å². The predicted octanol–water partition coefficient (Wildman–Crippen LogP) is 3.83. The average molecular weight is 368 g/mol. The molecule has 0 amide bonds. The number of ether oxygens (including phenoxy) is 1. The van der Waals surface area contributed by atoms with Crippen molar-refractivity contribution in [3.63, 3.8) is 0 Å². The molecule has 1 fully saturated rings. The molecule has 0 saturated heterocycles. The highest BCUT2D eigenvalue weighted by Crippen LogP contribution is 2.51. The number of nitrogens with zero attached hydrogens (tertiary/aromatic N) is 3. The van der Waals surface area contributed by atoms with Gasteiger partial charge in [-0.15, -0.1) is 0 Å². The van der Waals surface area contributed by atoms with E-state index in [4.69, 9.17) is 4.74 Å². The maximum atomic E-state index is 12.4. The van der Waals surface area contributed by atoms with E-state index in [-0.39, 0.29) is 11.9 Å². The zero-order chi connectivity index (χ0) is 16.5. The fraction of sp³-hybridized carbons (Fsp3) is 0.562. The van der Waals surface area contributed by atoms with Crippen LogP contribution >= 0.6 is 15.9 Å². The number of aromatic nitrogens is 3. The lowest BCUT2D eigenvalue weighted by atomic mass is 10.2. The molecule has 5 nitrogen and oxygen atoms in total. The fourth-order valence-corrected chi connectivity index (χ4v) is 3.03. The van der Waals surface area contributed by atoms with Crippen LogP contribution in [0.15, 0.2) is 16.7 Å². The van der Waals surface area contributed by atoms with E-state index in [9.17, 15) is 4.79 Å². The first-order chi connectivity index (χ1) is 10.5. The lowest BCUT2D eigenvalue weighted by molar-refractivity contribution is -0.149. The second-order valence-corrected chi connectivity index (χ2v) is 6.06. The van der Waals surface area contributed by atoms with E-state index in [1.807, 2.05) is 46.8 Å². The Morgan fingerprint density at radius 2 is 2.14 bits per heavy atom. The summed E-state index contributed by atoms with van der Waals surface area (Å²) in [6, 6.07) is 3.85. The summed E-state index contributed by atoms with van der Waals surface area (Å²) in [5.41, 5.74) is 0.924. The summed E-state index contributed by atoms with van der Waals surface area (Å²) in [4.78, 5) is 16.8. The number of halogens is 1. The molecule has 2 aromatic heterocycles. The first kappa shape index (κ1) is 16.9. The van der Waals surface area contributed by atoms with Gasteiger partial charge in [-0.2, -0.15) is 5.10 Å². The van der Waals surface area contributed by atoms with Crippen molar-refractivity contribution in [3.05, 3.63) is 22.4 Å². The van der Waals surface area contributed by atoms with Gasteiger partial charge in [-0.25, -0.2) is 14.5 Å². The van der Waals surface area contributed by atoms with Crippen LogP contribution in [0.25, 0.3) is 11.0 Å². The van der Waals surface area contributed by atoms with Crippen LogP contribution in [0.3, 0.4) is 0 Å². The molecule has 2 heterocycles. The Bertz CT molecular complexity index is 698. The molecule has 120 valence electrons. The SMILES string of the molecule is CC.CCOC(=O)C1(n2nc(C)c3ccc(Br)nc32)CC1C. The van der Waals surface area contributed by atoms with E-state index in [1.165, 1.54) is 0 Å². The maximum Gasteiger partial charge on any atom is 0.334 e. The van der Waals surface area contributed by atoms with Crippen LogP contribution in [0, 0.1) is 12.8 Å². The highest BCUT2D eigenvalue weighted by molar-refractivity contribution is 9.10. The van der Waals surface area contributed by atoms with Crippen molar-refractivity contribution < 1.29 is 9.53 Å². The van der Waals surface area contributed by atoms with Crippen molar-refractivity contribution in [2.45, 2.75) is 46.6 Å². The van der Waals surface area contributed by atoms with E-state index in [0.717, 1.165) is 27.8 Å². The second kappa shape index (κ2) is 6.36. The molecule has 22 heavy (non-hydrogen) atoms. The summed E-state index contributed by atoms with van der Waals surface area (Å²) in [5.74, 6) is 0.00325. The Labute approximate surface area is 139 Å². The Hall–Kier alpha value is -1.43. The Morgan fingerprint density at radius 3 is 2.68 bits per heavy atom. The lowest BCUT2D eigenvalue weighted by Crippen LogP contribution is -2.33. The van der Waals surface area contributed by atoms with Gasteiger partial charge < -0.3 is 4.74 Å². The minimum absolute atomic E-state index is 0.210. The van der Waals surface area contributed by atoms with Gasteiger partial charge in [0, 0.05) is 5.39 Å². The molecule has 0 radical (unpaired) electrons. The number of aryl methyl sites for hydroxylation is 1. The molecule has 0 bridgehead atoms. The van der Waals surface area contributed by atoms with E-state index in [0.29, 0.717) is 6.61 Å². The zero-order valence-corrected chi connectivity index (χ0v) is 15.3. The molecule has 0 aromatic carbocycles. The van der Waals surface area contributed by atoms with Crippen LogP contribution < -0.4 is 0 Å². The topological polar surface area (TPSA) is 57.0 Å². The van der Waals surface area contributed by atoms with E-state index in [2.05, 4.69) is 26.0 Å². The van der Waals surface area contributed by atoms with Gasteiger partial charge in [0.05, 0.1) is 12.3 Å². The number of carbonyl (C=O) groups excluding carboxylic acids is 1. The number of fused-ring (bicyclic) bond motifs is 1. The van der Waals surface area contributed by atoms with Gasteiger partial charge in [-0.3, -0.25) is 0 Å². The monoisotopic (exact) mass is 367 g/mol. The molecule has 0 aliphatic heterocycles. The number of esters is 1. The molecule has 2 aromatic rings. The van der Waals surface area contributed by atoms with Gasteiger partial charge in [0.25, 0.3) is 0 Å². The van der Waals surface area contributed by atoms with E-state index in [1.54, 1.807) is 4.68 Å². The molecular formula is C16H22BrN3O2. The van der Waals surface area contributed by atoms with Gasteiger partial charge >= 0.3 is 5.97 Å². The van der Waals surface area contributed by atoms with Crippen molar-refractivity contribution in [1.82, 2.24) is 14.8 Å². The third-order valence-corrected chi connectivity index (χ3v) is 4.40. The molecule has 0 spiro atoms. The van der Waals surface area contributed by atoms with E-state index < -0.39 is 5.54 Å². The second-order valence-electron chi connectivity index (χ2n) is 5.25. The van der Waals surface area contributed by atoms with Gasteiger partial charge in [0.15, 0.2) is 11.2 Å². The Morgan fingerprint density at radius 1 is 1.50 bits per heavy atom. The molecule has 1 saturated carbocycles. The molecule has 1 aliphatic rings. The summed E-state index contributed by atoms with van der Waals surface area (Å²) in [5, 5.41) is 5.52. The average Bonchev–Trinajstić information content (AvgIpc) is 3.08. The molecular weight excluding hydrogens is 346 g/mol. The predicted molar refractivity (Wildman–Crippen MR) is 89.7 cm³/mol.